The molecule has 2 aromatic carbocycles. The predicted octanol–water partition coefficient (Wildman–Crippen LogP) is 5.14. The monoisotopic (exact) mass is 401 g/mol. The van der Waals surface area contributed by atoms with Crippen molar-refractivity contribution in [1.29, 1.82) is 0 Å². The predicted molar refractivity (Wildman–Crippen MR) is 99.1 cm³/mol. The molecule has 0 saturated heterocycles. The Bertz CT molecular complexity index is 648. The largest absolute Gasteiger partial charge is 0.456 e. The number of carbonyl (C=O) groups excluding carboxylic acids is 1. The molecule has 9 heteroatoms. The number of ether oxygens (including phenoxy) is 1. The van der Waals surface area contributed by atoms with Crippen molar-refractivity contribution in [2.45, 2.75) is 36.2 Å². The second-order valence-corrected chi connectivity index (χ2v) is 6.78. The highest BCUT2D eigenvalue weighted by Crippen LogP contribution is 2.31. The van der Waals surface area contributed by atoms with Crippen LogP contribution in [0.2, 0.25) is 0 Å². The Morgan fingerprint density at radius 3 is 1.88 bits per heavy atom. The van der Waals surface area contributed by atoms with Crippen molar-refractivity contribution in [1.82, 2.24) is 0 Å². The first kappa shape index (κ1) is 31.5. The molecule has 0 atom stereocenters. The summed E-state index contributed by atoms with van der Waals surface area (Å²) in [7, 11) is 0. The Kier molecular flexibility index (Phi) is 15.7. The average Bonchev–Trinajstić information content (AvgIpc) is 2.40. The van der Waals surface area contributed by atoms with Gasteiger partial charge >= 0.3 is 5.97 Å². The molecule has 0 aromatic heterocycles. The third kappa shape index (κ3) is 9.26. The smallest absolute Gasteiger partial charge is 0.339 e. The Balaban J connectivity index is -0.000000484. The highest BCUT2D eigenvalue weighted by molar-refractivity contribution is 7.99. The van der Waals surface area contributed by atoms with Crippen LogP contribution in [0.5, 0.6) is 0 Å². The van der Waals surface area contributed by atoms with Crippen LogP contribution in [0.25, 0.3) is 0 Å². The summed E-state index contributed by atoms with van der Waals surface area (Å²) in [6.07, 6.45) is 0. The second-order valence-electron chi connectivity index (χ2n) is 5.67. The van der Waals surface area contributed by atoms with E-state index >= 15 is 0 Å². The van der Waals surface area contributed by atoms with Gasteiger partial charge in [-0.1, -0.05) is 23.9 Å². The summed E-state index contributed by atoms with van der Waals surface area (Å²) in [5.41, 5.74) is 6.48. The number of halogens is 5. The van der Waals surface area contributed by atoms with Crippen LogP contribution in [0.15, 0.2) is 58.3 Å². The van der Waals surface area contributed by atoms with Crippen molar-refractivity contribution in [3.63, 3.8) is 0 Å². The Labute approximate surface area is 153 Å². The summed E-state index contributed by atoms with van der Waals surface area (Å²) in [6, 6.07) is 15.0. The van der Waals surface area contributed by atoms with Crippen molar-refractivity contribution in [3.05, 3.63) is 54.1 Å². The summed E-state index contributed by atoms with van der Waals surface area (Å²) in [4.78, 5) is 14.2. The van der Waals surface area contributed by atoms with Gasteiger partial charge in [-0.2, -0.15) is 0 Å². The van der Waals surface area contributed by atoms with E-state index in [1.165, 1.54) is 11.8 Å². The molecule has 26 heavy (non-hydrogen) atoms. The number of hydrogen-bond donors (Lipinski definition) is 1. The third-order valence-electron chi connectivity index (χ3n) is 2.61. The lowest BCUT2D eigenvalue weighted by Crippen LogP contribution is -2.24. The van der Waals surface area contributed by atoms with Crippen LogP contribution < -0.4 is 5.73 Å². The van der Waals surface area contributed by atoms with Crippen LogP contribution in [-0.4, -0.2) is 11.6 Å². The molecule has 2 aromatic rings. The minimum atomic E-state index is -0.504. The Morgan fingerprint density at radius 2 is 1.38 bits per heavy atom. The fraction of sp³-hybridized carbons (Fsp3) is 0.235. The van der Waals surface area contributed by atoms with Gasteiger partial charge in [-0.25, -0.2) is 4.79 Å². The van der Waals surface area contributed by atoms with Gasteiger partial charge in [-0.15, -0.1) is 0 Å². The van der Waals surface area contributed by atoms with E-state index in [1.807, 2.05) is 63.2 Å². The average molecular weight is 401 g/mol. The standard InChI is InChI=1S/C17H19NO2S.5FH/c1-17(2,3)20-16(19)14-6-4-5-7-15(14)21-13-10-8-12(18)9-11-13;;;;;/h4-11H,18H2,1-3H3;5*1H. The molecule has 0 saturated carbocycles. The van der Waals surface area contributed by atoms with Crippen molar-refractivity contribution >= 4 is 23.4 Å². The van der Waals surface area contributed by atoms with E-state index < -0.39 is 5.60 Å². The minimum Gasteiger partial charge on any atom is -0.456 e. The normalized spacial score (nSPS) is 9.04. The van der Waals surface area contributed by atoms with Gasteiger partial charge in [-0.05, 0) is 57.2 Å². The number of nitrogens with two attached hydrogens (primary N) is 1. The molecule has 2 N–H and O–H groups in total. The molecule has 2 rings (SSSR count). The van der Waals surface area contributed by atoms with E-state index in [1.54, 1.807) is 6.07 Å². The fourth-order valence-corrected chi connectivity index (χ4v) is 2.65. The number of anilines is 1. The second kappa shape index (κ2) is 13.0. The zero-order valence-electron chi connectivity index (χ0n) is 14.5. The van der Waals surface area contributed by atoms with Gasteiger partial charge in [0, 0.05) is 15.5 Å². The molecule has 0 aliphatic carbocycles. The van der Waals surface area contributed by atoms with Crippen LogP contribution in [0.1, 0.15) is 31.1 Å². The van der Waals surface area contributed by atoms with Crippen LogP contribution in [0, 0.1) is 0 Å². The van der Waals surface area contributed by atoms with E-state index in [0.717, 1.165) is 15.5 Å². The zero-order chi connectivity index (χ0) is 15.5. The molecule has 0 fully saturated rings. The molecule has 0 spiro atoms. The van der Waals surface area contributed by atoms with Crippen LogP contribution in [0.4, 0.5) is 29.2 Å². The molecule has 0 radical (unpaired) electrons. The topological polar surface area (TPSA) is 52.3 Å². The maximum absolute atomic E-state index is 12.3. The lowest BCUT2D eigenvalue weighted by molar-refractivity contribution is 0.00655. The number of rotatable bonds is 3. The molecule has 150 valence electrons. The summed E-state index contributed by atoms with van der Waals surface area (Å²) in [5.74, 6) is -0.305. The number of esters is 1. The lowest BCUT2D eigenvalue weighted by atomic mass is 10.1. The fourth-order valence-electron chi connectivity index (χ4n) is 1.72. The van der Waals surface area contributed by atoms with Gasteiger partial charge in [0.05, 0.1) is 5.56 Å². The first-order valence-electron chi connectivity index (χ1n) is 6.71. The Morgan fingerprint density at radius 1 is 0.885 bits per heavy atom. The van der Waals surface area contributed by atoms with E-state index in [2.05, 4.69) is 0 Å². The third-order valence-corrected chi connectivity index (χ3v) is 3.70. The van der Waals surface area contributed by atoms with Gasteiger partial charge in [0.15, 0.2) is 0 Å². The lowest BCUT2D eigenvalue weighted by Gasteiger charge is -2.20. The summed E-state index contributed by atoms with van der Waals surface area (Å²) in [6.45, 7) is 5.59. The van der Waals surface area contributed by atoms with Crippen LogP contribution in [-0.2, 0) is 4.74 Å². The van der Waals surface area contributed by atoms with Gasteiger partial charge in [0.2, 0.25) is 0 Å². The van der Waals surface area contributed by atoms with Gasteiger partial charge in [-0.3, -0.25) is 23.5 Å². The number of benzene rings is 2. The molecule has 0 bridgehead atoms. The van der Waals surface area contributed by atoms with Crippen molar-refractivity contribution in [2.75, 3.05) is 5.73 Å². The first-order chi connectivity index (χ1) is 9.85. The van der Waals surface area contributed by atoms with E-state index in [4.69, 9.17) is 10.5 Å². The van der Waals surface area contributed by atoms with Crippen molar-refractivity contribution in [3.8, 4) is 0 Å². The molecular formula is C17H24F5NO2S. The van der Waals surface area contributed by atoms with E-state index in [0.29, 0.717) is 5.56 Å². The maximum atomic E-state index is 12.3. The van der Waals surface area contributed by atoms with E-state index in [-0.39, 0.29) is 29.5 Å². The molecule has 3 nitrogen and oxygen atoms in total. The number of nitrogen functional groups attached to an aromatic ring is 1. The van der Waals surface area contributed by atoms with Crippen molar-refractivity contribution in [2.24, 2.45) is 0 Å². The maximum Gasteiger partial charge on any atom is 0.339 e. The van der Waals surface area contributed by atoms with E-state index in [9.17, 15) is 4.79 Å². The van der Waals surface area contributed by atoms with Gasteiger partial charge in [0.1, 0.15) is 5.60 Å². The summed E-state index contributed by atoms with van der Waals surface area (Å²) >= 11 is 1.52. The molecular weight excluding hydrogens is 377 g/mol. The zero-order valence-corrected chi connectivity index (χ0v) is 15.3. The Hall–Kier alpha value is -2.29. The minimum absolute atomic E-state index is 0. The first-order valence-corrected chi connectivity index (χ1v) is 7.52. The molecule has 0 unspecified atom stereocenters. The quantitative estimate of drug-likeness (QED) is 0.440. The molecule has 0 aliphatic heterocycles. The highest BCUT2D eigenvalue weighted by atomic mass is 32.2. The number of hydrogen-bond acceptors (Lipinski definition) is 4. The van der Waals surface area contributed by atoms with Crippen molar-refractivity contribution < 1.29 is 33.1 Å². The van der Waals surface area contributed by atoms with Crippen LogP contribution >= 0.6 is 11.8 Å². The summed E-state index contributed by atoms with van der Waals surface area (Å²) < 4.78 is 5.45. The number of carbonyl (C=O) groups is 1. The summed E-state index contributed by atoms with van der Waals surface area (Å²) in [5, 5.41) is 0. The molecule has 0 aliphatic rings. The van der Waals surface area contributed by atoms with Crippen LogP contribution in [0.3, 0.4) is 0 Å². The highest BCUT2D eigenvalue weighted by Gasteiger charge is 2.20. The molecule has 0 amide bonds. The molecule has 0 heterocycles. The SMILES string of the molecule is CC(C)(C)OC(=O)c1ccccc1Sc1ccc(N)cc1.F.F.F.F.F. The van der Waals surface area contributed by atoms with Gasteiger partial charge in [0.25, 0.3) is 0 Å². The van der Waals surface area contributed by atoms with Gasteiger partial charge < -0.3 is 10.5 Å².